The lowest BCUT2D eigenvalue weighted by atomic mass is 10.1. The van der Waals surface area contributed by atoms with Gasteiger partial charge in [0.25, 0.3) is 5.91 Å². The van der Waals surface area contributed by atoms with Crippen LogP contribution in [-0.2, 0) is 6.54 Å². The Labute approximate surface area is 121 Å². The van der Waals surface area contributed by atoms with Gasteiger partial charge in [-0.05, 0) is 26.0 Å². The van der Waals surface area contributed by atoms with E-state index in [1.807, 2.05) is 19.2 Å². The zero-order valence-electron chi connectivity index (χ0n) is 11.4. The number of hydrogen-bond donors (Lipinski definition) is 2. The predicted molar refractivity (Wildman–Crippen MR) is 78.6 cm³/mol. The number of carbonyl (C=O) groups excluding carboxylic acids is 1. The smallest absolute Gasteiger partial charge is 0.253 e. The molecule has 1 aromatic carbocycles. The number of nitrogens with zero attached hydrogens (tertiary/aromatic N) is 1. The molecule has 4 nitrogen and oxygen atoms in total. The summed E-state index contributed by atoms with van der Waals surface area (Å²) in [6.45, 7) is 4.65. The molecular weight excluding hydrogens is 277 g/mol. The minimum Gasteiger partial charge on any atom is -0.382 e. The van der Waals surface area contributed by atoms with Gasteiger partial charge in [-0.3, -0.25) is 4.79 Å². The maximum absolute atomic E-state index is 13.7. The number of rotatable bonds is 5. The number of nitrogens with one attached hydrogen (secondary N) is 2. The van der Waals surface area contributed by atoms with Crippen LogP contribution < -0.4 is 10.6 Å². The minimum absolute atomic E-state index is 0.239. The highest BCUT2D eigenvalue weighted by Gasteiger charge is 2.14. The molecule has 0 fully saturated rings. The van der Waals surface area contributed by atoms with E-state index >= 15 is 0 Å². The summed E-state index contributed by atoms with van der Waals surface area (Å²) in [5.74, 6) is -0.738. The van der Waals surface area contributed by atoms with E-state index in [1.54, 1.807) is 6.07 Å². The number of carbonyl (C=O) groups is 1. The summed E-state index contributed by atoms with van der Waals surface area (Å²) < 4.78 is 13.7. The Bertz CT molecular complexity index is 612. The highest BCUT2D eigenvalue weighted by molar-refractivity contribution is 7.09. The lowest BCUT2D eigenvalue weighted by Gasteiger charge is -2.11. The number of aryl methyl sites for hydroxylation is 1. The van der Waals surface area contributed by atoms with Gasteiger partial charge in [-0.15, -0.1) is 11.3 Å². The number of para-hydroxylation sites is 1. The SMILES string of the molecule is CCNc1c(F)cccc1C(=O)NCc1nc(C)cs1. The van der Waals surface area contributed by atoms with Crippen molar-refractivity contribution in [2.75, 3.05) is 11.9 Å². The third-order valence-electron chi connectivity index (χ3n) is 2.68. The van der Waals surface area contributed by atoms with Gasteiger partial charge >= 0.3 is 0 Å². The average molecular weight is 293 g/mol. The van der Waals surface area contributed by atoms with Gasteiger partial charge in [0, 0.05) is 17.6 Å². The summed E-state index contributed by atoms with van der Waals surface area (Å²) in [6, 6.07) is 4.46. The number of benzene rings is 1. The molecule has 2 aromatic rings. The topological polar surface area (TPSA) is 54.0 Å². The molecule has 0 spiro atoms. The average Bonchev–Trinajstić information content (AvgIpc) is 2.84. The van der Waals surface area contributed by atoms with Crippen molar-refractivity contribution < 1.29 is 9.18 Å². The van der Waals surface area contributed by atoms with E-state index in [-0.39, 0.29) is 11.6 Å². The number of aromatic nitrogens is 1. The van der Waals surface area contributed by atoms with Crippen molar-refractivity contribution in [3.8, 4) is 0 Å². The normalized spacial score (nSPS) is 10.3. The maximum Gasteiger partial charge on any atom is 0.253 e. The van der Waals surface area contributed by atoms with Gasteiger partial charge in [-0.1, -0.05) is 6.07 Å². The molecule has 1 heterocycles. The number of halogens is 1. The van der Waals surface area contributed by atoms with Crippen LogP contribution in [0.3, 0.4) is 0 Å². The lowest BCUT2D eigenvalue weighted by Crippen LogP contribution is -2.24. The van der Waals surface area contributed by atoms with Crippen LogP contribution in [0.2, 0.25) is 0 Å². The number of amides is 1. The second-order valence-corrected chi connectivity index (χ2v) is 5.20. The molecule has 6 heteroatoms. The maximum atomic E-state index is 13.7. The number of thiazole rings is 1. The quantitative estimate of drug-likeness (QED) is 0.891. The van der Waals surface area contributed by atoms with Crippen LogP contribution in [0.5, 0.6) is 0 Å². The summed E-state index contributed by atoms with van der Waals surface area (Å²) in [7, 11) is 0. The fourth-order valence-corrected chi connectivity index (χ4v) is 2.52. The molecule has 0 aliphatic carbocycles. The first-order valence-corrected chi connectivity index (χ1v) is 7.21. The van der Waals surface area contributed by atoms with Crippen molar-refractivity contribution >= 4 is 22.9 Å². The van der Waals surface area contributed by atoms with Gasteiger partial charge in [-0.25, -0.2) is 9.37 Å². The van der Waals surface area contributed by atoms with Gasteiger partial charge < -0.3 is 10.6 Å². The fraction of sp³-hybridized carbons (Fsp3) is 0.286. The van der Waals surface area contributed by atoms with Crippen LogP contribution in [-0.4, -0.2) is 17.4 Å². The van der Waals surface area contributed by atoms with Crippen LogP contribution in [0.4, 0.5) is 10.1 Å². The Morgan fingerprint density at radius 3 is 2.90 bits per heavy atom. The molecule has 0 bridgehead atoms. The summed E-state index contributed by atoms with van der Waals surface area (Å²) in [5.41, 5.74) is 1.47. The minimum atomic E-state index is -0.426. The van der Waals surface area contributed by atoms with Gasteiger partial charge in [0.1, 0.15) is 10.8 Å². The molecule has 1 amide bonds. The second-order valence-electron chi connectivity index (χ2n) is 4.26. The van der Waals surface area contributed by atoms with Crippen LogP contribution in [0.25, 0.3) is 0 Å². The molecule has 0 saturated heterocycles. The highest BCUT2D eigenvalue weighted by Crippen LogP contribution is 2.19. The first-order chi connectivity index (χ1) is 9.61. The monoisotopic (exact) mass is 293 g/mol. The van der Waals surface area contributed by atoms with Crippen LogP contribution in [0, 0.1) is 12.7 Å². The standard InChI is InChI=1S/C14H16FN3OS/c1-3-16-13-10(5-4-6-11(13)15)14(19)17-7-12-18-9(2)8-20-12/h4-6,8,16H,3,7H2,1-2H3,(H,17,19). The third-order valence-corrected chi connectivity index (χ3v) is 3.65. The van der Waals surface area contributed by atoms with E-state index in [0.717, 1.165) is 10.7 Å². The fourth-order valence-electron chi connectivity index (χ4n) is 1.80. The van der Waals surface area contributed by atoms with Gasteiger partial charge in [-0.2, -0.15) is 0 Å². The van der Waals surface area contributed by atoms with E-state index in [4.69, 9.17) is 0 Å². The van der Waals surface area contributed by atoms with Crippen molar-refractivity contribution in [1.29, 1.82) is 0 Å². The van der Waals surface area contributed by atoms with Crippen molar-refractivity contribution in [3.63, 3.8) is 0 Å². The predicted octanol–water partition coefficient (Wildman–Crippen LogP) is 2.95. The first kappa shape index (κ1) is 14.5. The summed E-state index contributed by atoms with van der Waals surface area (Å²) in [6.07, 6.45) is 0. The summed E-state index contributed by atoms with van der Waals surface area (Å²) >= 11 is 1.49. The van der Waals surface area contributed by atoms with Gasteiger partial charge in [0.15, 0.2) is 0 Å². The Morgan fingerprint density at radius 1 is 1.45 bits per heavy atom. The Morgan fingerprint density at radius 2 is 2.25 bits per heavy atom. The van der Waals surface area contributed by atoms with Gasteiger partial charge in [0.05, 0.1) is 17.8 Å². The first-order valence-electron chi connectivity index (χ1n) is 6.33. The van der Waals surface area contributed by atoms with E-state index in [1.165, 1.54) is 23.5 Å². The van der Waals surface area contributed by atoms with E-state index < -0.39 is 5.82 Å². The molecule has 106 valence electrons. The van der Waals surface area contributed by atoms with E-state index in [0.29, 0.717) is 18.7 Å². The zero-order chi connectivity index (χ0) is 14.5. The molecule has 20 heavy (non-hydrogen) atoms. The number of hydrogen-bond acceptors (Lipinski definition) is 4. The largest absolute Gasteiger partial charge is 0.382 e. The van der Waals surface area contributed by atoms with Gasteiger partial charge in [0.2, 0.25) is 0 Å². The summed E-state index contributed by atoms with van der Waals surface area (Å²) in [4.78, 5) is 16.4. The van der Waals surface area contributed by atoms with Crippen LogP contribution in [0.1, 0.15) is 28.0 Å². The highest BCUT2D eigenvalue weighted by atomic mass is 32.1. The zero-order valence-corrected chi connectivity index (χ0v) is 12.2. The molecule has 2 N–H and O–H groups in total. The molecule has 0 radical (unpaired) electrons. The summed E-state index contributed by atoms with van der Waals surface area (Å²) in [5, 5.41) is 8.39. The van der Waals surface area contributed by atoms with Crippen LogP contribution >= 0.6 is 11.3 Å². The van der Waals surface area contributed by atoms with Crippen LogP contribution in [0.15, 0.2) is 23.6 Å². The molecule has 0 aliphatic heterocycles. The molecule has 0 aliphatic rings. The van der Waals surface area contributed by atoms with Crippen molar-refractivity contribution in [2.45, 2.75) is 20.4 Å². The molecule has 0 unspecified atom stereocenters. The van der Waals surface area contributed by atoms with Crippen molar-refractivity contribution in [3.05, 3.63) is 45.7 Å². The third kappa shape index (κ3) is 3.33. The number of anilines is 1. The Hall–Kier alpha value is -1.95. The Balaban J connectivity index is 2.10. The van der Waals surface area contributed by atoms with Crippen molar-refractivity contribution in [2.24, 2.45) is 0 Å². The Kier molecular flexibility index (Phi) is 4.68. The molecule has 0 atom stereocenters. The van der Waals surface area contributed by atoms with E-state index in [2.05, 4.69) is 15.6 Å². The molecular formula is C14H16FN3OS. The lowest BCUT2D eigenvalue weighted by molar-refractivity contribution is 0.0951. The second kappa shape index (κ2) is 6.47. The van der Waals surface area contributed by atoms with E-state index in [9.17, 15) is 9.18 Å². The van der Waals surface area contributed by atoms with Crippen molar-refractivity contribution in [1.82, 2.24) is 10.3 Å². The molecule has 2 rings (SSSR count). The molecule has 1 aromatic heterocycles. The molecule has 0 saturated carbocycles.